The van der Waals surface area contributed by atoms with Crippen LogP contribution in [0.25, 0.3) is 0 Å². The minimum atomic E-state index is -1.51. The van der Waals surface area contributed by atoms with Crippen LogP contribution in [0.4, 0.5) is 0 Å². The van der Waals surface area contributed by atoms with E-state index < -0.39 is 26.4 Å². The van der Waals surface area contributed by atoms with E-state index in [2.05, 4.69) is 0 Å². The van der Waals surface area contributed by atoms with Crippen molar-refractivity contribution in [2.45, 2.75) is 66.4 Å². The van der Waals surface area contributed by atoms with Gasteiger partial charge in [0.05, 0.1) is 29.6 Å². The summed E-state index contributed by atoms with van der Waals surface area (Å²) in [6, 6.07) is 7.49. The van der Waals surface area contributed by atoms with Crippen molar-refractivity contribution in [2.75, 3.05) is 13.2 Å². The van der Waals surface area contributed by atoms with Crippen molar-refractivity contribution in [1.82, 2.24) is 0 Å². The lowest BCUT2D eigenvalue weighted by molar-refractivity contribution is -0.204. The number of aryl methyl sites for hydroxylation is 1. The molecule has 2 fully saturated rings. The molecule has 2 atom stereocenters. The third-order valence-corrected chi connectivity index (χ3v) is 8.33. The van der Waals surface area contributed by atoms with E-state index >= 15 is 0 Å². The topological polar surface area (TPSA) is 55.8 Å². The first kappa shape index (κ1) is 18.3. The Morgan fingerprint density at radius 1 is 1.17 bits per heavy atom. The highest BCUT2D eigenvalue weighted by atomic mass is 35.5. The van der Waals surface area contributed by atoms with Crippen LogP contribution in [0.3, 0.4) is 0 Å². The Labute approximate surface area is 150 Å². The van der Waals surface area contributed by atoms with E-state index in [0.29, 0.717) is 50.2 Å². The van der Waals surface area contributed by atoms with Crippen LogP contribution in [0.1, 0.15) is 44.6 Å². The molecule has 2 aliphatic rings. The summed E-state index contributed by atoms with van der Waals surface area (Å²) in [5, 5.41) is 11.3. The van der Waals surface area contributed by atoms with Crippen LogP contribution < -0.4 is 0 Å². The molecule has 3 rings (SSSR count). The van der Waals surface area contributed by atoms with Crippen LogP contribution in [-0.4, -0.2) is 38.1 Å². The number of benzene rings is 1. The van der Waals surface area contributed by atoms with Crippen molar-refractivity contribution in [1.29, 1.82) is 0 Å². The lowest BCUT2D eigenvalue weighted by Gasteiger charge is -2.47. The molecule has 1 aromatic rings. The van der Waals surface area contributed by atoms with Gasteiger partial charge in [-0.05, 0) is 38.3 Å². The normalized spacial score (nSPS) is 26.2. The van der Waals surface area contributed by atoms with Crippen LogP contribution >= 0.6 is 11.6 Å². The van der Waals surface area contributed by atoms with Crippen molar-refractivity contribution in [3.05, 3.63) is 29.8 Å². The second-order valence-corrected chi connectivity index (χ2v) is 9.38. The summed E-state index contributed by atoms with van der Waals surface area (Å²) in [5.41, 5.74) is -0.110. The Morgan fingerprint density at radius 2 is 1.71 bits per heavy atom. The monoisotopic (exact) mass is 372 g/mol. The zero-order valence-corrected chi connectivity index (χ0v) is 15.8. The molecule has 1 aromatic carbocycles. The minimum Gasteiger partial charge on any atom is -0.387 e. The average molecular weight is 373 g/mol. The first-order valence-corrected chi connectivity index (χ1v) is 10.0. The Balaban J connectivity index is 1.83. The number of halogens is 1. The molecule has 0 aromatic heterocycles. The Morgan fingerprint density at radius 3 is 2.21 bits per heavy atom. The maximum absolute atomic E-state index is 13.2. The molecule has 1 spiro atoms. The number of rotatable bonds is 4. The summed E-state index contributed by atoms with van der Waals surface area (Å²) in [6.07, 6.45) is 2.40. The van der Waals surface area contributed by atoms with Gasteiger partial charge >= 0.3 is 0 Å². The summed E-state index contributed by atoms with van der Waals surface area (Å²) in [6.45, 7) is 5.04. The highest BCUT2D eigenvalue weighted by molar-refractivity contribution is 7.88. The van der Waals surface area contributed by atoms with Crippen LogP contribution in [-0.2, 0) is 20.3 Å². The summed E-state index contributed by atoms with van der Waals surface area (Å²) in [7, 11) is -1.51. The van der Waals surface area contributed by atoms with Crippen molar-refractivity contribution >= 4 is 22.4 Å². The second-order valence-electron chi connectivity index (χ2n) is 6.80. The Bertz CT molecular complexity index is 602. The molecule has 24 heavy (non-hydrogen) atoms. The molecule has 0 bridgehead atoms. The number of ether oxygens (including phenoxy) is 2. The highest BCUT2D eigenvalue weighted by Crippen LogP contribution is 2.50. The molecule has 0 radical (unpaired) electrons. The predicted molar refractivity (Wildman–Crippen MR) is 94.5 cm³/mol. The van der Waals surface area contributed by atoms with E-state index in [9.17, 15) is 9.32 Å². The molecule has 6 heteroatoms. The van der Waals surface area contributed by atoms with E-state index in [-0.39, 0.29) is 0 Å². The molecular formula is C18H25ClO4S. The quantitative estimate of drug-likeness (QED) is 0.822. The van der Waals surface area contributed by atoms with Crippen LogP contribution in [0.2, 0.25) is 0 Å². The second kappa shape index (κ2) is 6.69. The zero-order valence-electron chi connectivity index (χ0n) is 14.2. The third-order valence-electron chi connectivity index (χ3n) is 5.33. The fraction of sp³-hybridized carbons (Fsp3) is 0.667. The summed E-state index contributed by atoms with van der Waals surface area (Å²) in [5.74, 6) is -0.580. The van der Waals surface area contributed by atoms with Crippen LogP contribution in [0.15, 0.2) is 29.2 Å². The van der Waals surface area contributed by atoms with Crippen molar-refractivity contribution in [3.63, 3.8) is 0 Å². The maximum atomic E-state index is 13.2. The molecule has 1 heterocycles. The van der Waals surface area contributed by atoms with E-state index in [4.69, 9.17) is 21.1 Å². The molecule has 1 saturated carbocycles. The Kier molecular flexibility index (Phi) is 5.11. The number of hydrogen-bond donors (Lipinski definition) is 1. The van der Waals surface area contributed by atoms with E-state index in [1.54, 1.807) is 0 Å². The standard InChI is InChI=1S/C18H25ClO4S/c1-3-18(19,24(21)15-6-4-14(2)5-7-15)16(20)8-10-17(11-9-16)22-12-13-23-17/h4-7,20H,3,8-13H2,1-2H3. The predicted octanol–water partition coefficient (Wildman–Crippen LogP) is 3.50. The van der Waals surface area contributed by atoms with Gasteiger partial charge in [-0.25, -0.2) is 0 Å². The average Bonchev–Trinajstić information content (AvgIpc) is 3.06. The molecule has 1 saturated heterocycles. The van der Waals surface area contributed by atoms with Crippen molar-refractivity contribution in [3.8, 4) is 0 Å². The van der Waals surface area contributed by atoms with Gasteiger partial charge in [0, 0.05) is 17.7 Å². The number of alkyl halides is 1. The first-order valence-electron chi connectivity index (χ1n) is 8.52. The van der Waals surface area contributed by atoms with Gasteiger partial charge in [0.25, 0.3) is 0 Å². The summed E-state index contributed by atoms with van der Waals surface area (Å²) < 4.78 is 23.4. The van der Waals surface area contributed by atoms with Gasteiger partial charge in [-0.15, -0.1) is 11.6 Å². The van der Waals surface area contributed by atoms with Gasteiger partial charge in [-0.2, -0.15) is 0 Å². The number of aliphatic hydroxyl groups is 1. The van der Waals surface area contributed by atoms with E-state index in [0.717, 1.165) is 5.56 Å². The highest BCUT2D eigenvalue weighted by Gasteiger charge is 2.57. The lowest BCUT2D eigenvalue weighted by Crippen LogP contribution is -2.57. The van der Waals surface area contributed by atoms with E-state index in [1.165, 1.54) is 0 Å². The summed E-state index contributed by atoms with van der Waals surface area (Å²) >= 11 is 6.83. The smallest absolute Gasteiger partial charge is 0.168 e. The van der Waals surface area contributed by atoms with Gasteiger partial charge in [0.1, 0.15) is 0 Å². The molecule has 2 unspecified atom stereocenters. The molecule has 4 nitrogen and oxygen atoms in total. The zero-order chi connectivity index (χ0) is 17.4. The molecule has 1 N–H and O–H groups in total. The maximum Gasteiger partial charge on any atom is 0.168 e. The minimum absolute atomic E-state index is 0.417. The van der Waals surface area contributed by atoms with Gasteiger partial charge < -0.3 is 14.6 Å². The van der Waals surface area contributed by atoms with Crippen molar-refractivity contribution < 1.29 is 18.8 Å². The largest absolute Gasteiger partial charge is 0.387 e. The van der Waals surface area contributed by atoms with Gasteiger partial charge in [-0.3, -0.25) is 4.21 Å². The van der Waals surface area contributed by atoms with Gasteiger partial charge in [0.15, 0.2) is 9.99 Å². The molecule has 0 amide bonds. The molecule has 1 aliphatic carbocycles. The molecule has 134 valence electrons. The molecule has 1 aliphatic heterocycles. The first-order chi connectivity index (χ1) is 11.3. The van der Waals surface area contributed by atoms with Gasteiger partial charge in [0.2, 0.25) is 0 Å². The Hall–Kier alpha value is -0.460. The van der Waals surface area contributed by atoms with Gasteiger partial charge in [-0.1, -0.05) is 24.6 Å². The fourth-order valence-corrected chi connectivity index (χ4v) is 5.71. The SMILES string of the molecule is CCC(Cl)(S(=O)c1ccc(C)cc1)C1(O)CCC2(CC1)OCCO2. The van der Waals surface area contributed by atoms with E-state index in [1.807, 2.05) is 38.1 Å². The van der Waals surface area contributed by atoms with Crippen molar-refractivity contribution in [2.24, 2.45) is 0 Å². The third kappa shape index (κ3) is 3.06. The number of hydrogen-bond acceptors (Lipinski definition) is 4. The van der Waals surface area contributed by atoms with Crippen LogP contribution in [0.5, 0.6) is 0 Å². The fourth-order valence-electron chi connectivity index (χ4n) is 3.68. The lowest BCUT2D eigenvalue weighted by atomic mass is 9.78. The molecular weight excluding hydrogens is 348 g/mol. The van der Waals surface area contributed by atoms with Crippen LogP contribution in [0, 0.1) is 6.92 Å². The summed E-state index contributed by atoms with van der Waals surface area (Å²) in [4.78, 5) is 0.652.